The molecule has 6 heteroatoms. The summed E-state index contributed by atoms with van der Waals surface area (Å²) in [6.07, 6.45) is 1.91. The summed E-state index contributed by atoms with van der Waals surface area (Å²) in [5.74, 6) is 1.71. The predicted octanol–water partition coefficient (Wildman–Crippen LogP) is 3.67. The van der Waals surface area contributed by atoms with E-state index in [4.69, 9.17) is 4.74 Å². The molecule has 20 heavy (non-hydrogen) atoms. The van der Waals surface area contributed by atoms with E-state index in [1.165, 1.54) is 4.88 Å². The van der Waals surface area contributed by atoms with Crippen molar-refractivity contribution in [2.75, 3.05) is 20.0 Å². The van der Waals surface area contributed by atoms with Crippen LogP contribution in [0.25, 0.3) is 0 Å². The maximum Gasteiger partial charge on any atom is 0.120 e. The number of hydrogen-bond acceptors (Lipinski definition) is 6. The van der Waals surface area contributed by atoms with Gasteiger partial charge in [0.25, 0.3) is 0 Å². The van der Waals surface area contributed by atoms with Crippen molar-refractivity contribution < 1.29 is 4.74 Å². The second-order valence-electron chi connectivity index (χ2n) is 4.25. The van der Waals surface area contributed by atoms with Crippen molar-refractivity contribution in [3.8, 4) is 5.75 Å². The second-order valence-corrected chi connectivity index (χ2v) is 6.20. The van der Waals surface area contributed by atoms with Gasteiger partial charge in [-0.05, 0) is 32.0 Å². The largest absolute Gasteiger partial charge is 0.497 e. The average Bonchev–Trinajstić information content (AvgIpc) is 2.97. The molecule has 0 aliphatic heterocycles. The zero-order valence-corrected chi connectivity index (χ0v) is 13.2. The Hall–Kier alpha value is -1.37. The van der Waals surface area contributed by atoms with E-state index in [1.807, 2.05) is 29.9 Å². The highest BCUT2D eigenvalue weighted by atomic mass is 32.2. The molecule has 0 aliphatic carbocycles. The van der Waals surface area contributed by atoms with E-state index in [2.05, 4.69) is 28.6 Å². The molecule has 0 unspecified atom stereocenters. The summed E-state index contributed by atoms with van der Waals surface area (Å²) < 4.78 is 5.25. The number of ether oxygens (including phenoxy) is 1. The number of aliphatic imine (C=N–C) groups is 1. The van der Waals surface area contributed by atoms with Crippen LogP contribution in [-0.2, 0) is 6.54 Å². The monoisotopic (exact) mass is 307 g/mol. The van der Waals surface area contributed by atoms with Crippen molar-refractivity contribution in [2.45, 2.75) is 11.4 Å². The SMILES string of the molecule is C=Nc1ccc(OC)cc1SCN(C)Cc1cncs1. The van der Waals surface area contributed by atoms with Crippen molar-refractivity contribution >= 4 is 35.5 Å². The lowest BCUT2D eigenvalue weighted by Gasteiger charge is -2.15. The number of aromatic nitrogens is 1. The highest BCUT2D eigenvalue weighted by Gasteiger charge is 2.07. The molecule has 2 aromatic rings. The van der Waals surface area contributed by atoms with Gasteiger partial charge in [0, 0.05) is 28.4 Å². The van der Waals surface area contributed by atoms with Gasteiger partial charge >= 0.3 is 0 Å². The Morgan fingerprint density at radius 3 is 3.00 bits per heavy atom. The van der Waals surface area contributed by atoms with Crippen molar-refractivity contribution in [1.29, 1.82) is 0 Å². The minimum atomic E-state index is 0.838. The van der Waals surface area contributed by atoms with Gasteiger partial charge in [-0.1, -0.05) is 0 Å². The minimum Gasteiger partial charge on any atom is -0.497 e. The Morgan fingerprint density at radius 2 is 2.35 bits per heavy atom. The van der Waals surface area contributed by atoms with Gasteiger partial charge in [0.1, 0.15) is 5.75 Å². The summed E-state index contributed by atoms with van der Waals surface area (Å²) in [6, 6.07) is 5.82. The summed E-state index contributed by atoms with van der Waals surface area (Å²) in [5, 5.41) is 0. The number of benzene rings is 1. The molecule has 1 aromatic heterocycles. The van der Waals surface area contributed by atoms with Gasteiger partial charge < -0.3 is 4.74 Å². The van der Waals surface area contributed by atoms with Crippen molar-refractivity contribution in [2.24, 2.45) is 4.99 Å². The Kier molecular flexibility index (Phi) is 5.58. The summed E-state index contributed by atoms with van der Waals surface area (Å²) in [4.78, 5) is 12.7. The number of thioether (sulfide) groups is 1. The van der Waals surface area contributed by atoms with Crippen LogP contribution in [0.2, 0.25) is 0 Å². The number of thiazole rings is 1. The summed E-state index contributed by atoms with van der Waals surface area (Å²) >= 11 is 3.40. The highest BCUT2D eigenvalue weighted by Crippen LogP contribution is 2.33. The smallest absolute Gasteiger partial charge is 0.120 e. The molecule has 0 N–H and O–H groups in total. The van der Waals surface area contributed by atoms with Gasteiger partial charge in [0.05, 0.1) is 18.3 Å². The molecule has 0 amide bonds. The standard InChI is InChI=1S/C14H17N3OS2/c1-15-13-5-4-11(18-3)6-14(13)20-10-17(2)8-12-7-16-9-19-12/h4-7,9H,1,8,10H2,2-3H3. The van der Waals surface area contributed by atoms with Crippen LogP contribution in [0, 0.1) is 0 Å². The van der Waals surface area contributed by atoms with Crippen molar-refractivity contribution in [1.82, 2.24) is 9.88 Å². The Balaban J connectivity index is 1.97. The van der Waals surface area contributed by atoms with Crippen molar-refractivity contribution in [3.63, 3.8) is 0 Å². The summed E-state index contributed by atoms with van der Waals surface area (Å²) in [7, 11) is 3.76. The molecule has 0 saturated heterocycles. The topological polar surface area (TPSA) is 37.7 Å². The Labute approximate surface area is 127 Å². The van der Waals surface area contributed by atoms with Crippen LogP contribution in [0.15, 0.2) is 39.8 Å². The molecule has 1 heterocycles. The average molecular weight is 307 g/mol. The van der Waals surface area contributed by atoms with E-state index < -0.39 is 0 Å². The van der Waals surface area contributed by atoms with Gasteiger partial charge in [0.2, 0.25) is 0 Å². The van der Waals surface area contributed by atoms with Crippen LogP contribution in [-0.4, -0.2) is 36.6 Å². The van der Waals surface area contributed by atoms with Crippen molar-refractivity contribution in [3.05, 3.63) is 34.8 Å². The Bertz CT molecular complexity index is 558. The number of nitrogens with zero attached hydrogens (tertiary/aromatic N) is 3. The maximum absolute atomic E-state index is 5.25. The van der Waals surface area contributed by atoms with Gasteiger partial charge in [0.15, 0.2) is 0 Å². The number of methoxy groups -OCH3 is 1. The molecule has 0 spiro atoms. The molecule has 0 atom stereocenters. The second kappa shape index (κ2) is 7.42. The molecule has 4 nitrogen and oxygen atoms in total. The number of hydrogen-bond donors (Lipinski definition) is 0. The van der Waals surface area contributed by atoms with E-state index in [1.54, 1.807) is 30.2 Å². The van der Waals surface area contributed by atoms with E-state index in [-0.39, 0.29) is 0 Å². The molecule has 0 bridgehead atoms. The van der Waals surface area contributed by atoms with Crippen LogP contribution >= 0.6 is 23.1 Å². The van der Waals surface area contributed by atoms with Gasteiger partial charge in [-0.25, -0.2) is 0 Å². The van der Waals surface area contributed by atoms with Crippen LogP contribution in [0.5, 0.6) is 5.75 Å². The third-order valence-electron chi connectivity index (χ3n) is 2.69. The first kappa shape index (κ1) is 15.0. The maximum atomic E-state index is 5.25. The van der Waals surface area contributed by atoms with Gasteiger partial charge in [-0.15, -0.1) is 23.1 Å². The van der Waals surface area contributed by atoms with Crippen LogP contribution in [0.1, 0.15) is 4.88 Å². The first-order valence-electron chi connectivity index (χ1n) is 6.06. The fourth-order valence-electron chi connectivity index (χ4n) is 1.68. The molecule has 106 valence electrons. The molecule has 2 rings (SSSR count). The number of rotatable bonds is 7. The summed E-state index contributed by atoms with van der Waals surface area (Å²) in [5.41, 5.74) is 2.75. The molecular formula is C14H17N3OS2. The highest BCUT2D eigenvalue weighted by molar-refractivity contribution is 7.99. The fourth-order valence-corrected chi connectivity index (χ4v) is 3.28. The van der Waals surface area contributed by atoms with E-state index in [9.17, 15) is 0 Å². The zero-order chi connectivity index (χ0) is 14.4. The first-order valence-corrected chi connectivity index (χ1v) is 7.93. The molecule has 0 aliphatic rings. The quantitative estimate of drug-likeness (QED) is 0.444. The van der Waals surface area contributed by atoms with E-state index in [0.717, 1.165) is 28.8 Å². The molecular weight excluding hydrogens is 290 g/mol. The molecule has 1 aromatic carbocycles. The summed E-state index contributed by atoms with van der Waals surface area (Å²) in [6.45, 7) is 4.51. The Morgan fingerprint density at radius 1 is 1.50 bits per heavy atom. The third-order valence-corrected chi connectivity index (χ3v) is 4.66. The first-order chi connectivity index (χ1) is 9.72. The van der Waals surface area contributed by atoms with E-state index >= 15 is 0 Å². The normalized spacial score (nSPS) is 10.8. The van der Waals surface area contributed by atoms with Crippen LogP contribution < -0.4 is 4.74 Å². The lowest BCUT2D eigenvalue weighted by atomic mass is 10.3. The molecule has 0 radical (unpaired) electrons. The zero-order valence-electron chi connectivity index (χ0n) is 11.6. The third kappa shape index (κ3) is 4.06. The van der Waals surface area contributed by atoms with Crippen LogP contribution in [0.3, 0.4) is 0 Å². The van der Waals surface area contributed by atoms with Gasteiger partial charge in [-0.2, -0.15) is 0 Å². The lowest BCUT2D eigenvalue weighted by molar-refractivity contribution is 0.389. The van der Waals surface area contributed by atoms with Gasteiger partial charge in [-0.3, -0.25) is 14.9 Å². The van der Waals surface area contributed by atoms with Crippen LogP contribution in [0.4, 0.5) is 5.69 Å². The fraction of sp³-hybridized carbons (Fsp3) is 0.286. The lowest BCUT2D eigenvalue weighted by Crippen LogP contribution is -2.16. The minimum absolute atomic E-state index is 0.838. The predicted molar refractivity (Wildman–Crippen MR) is 86.5 cm³/mol. The molecule has 0 saturated carbocycles. The molecule has 0 fully saturated rings. The van der Waals surface area contributed by atoms with E-state index in [0.29, 0.717) is 0 Å².